The number of rotatable bonds is 5. The van der Waals surface area contributed by atoms with E-state index < -0.39 is 5.63 Å². The minimum absolute atomic E-state index is 0.231. The van der Waals surface area contributed by atoms with E-state index in [1.54, 1.807) is 30.1 Å². The molecule has 0 saturated heterocycles. The summed E-state index contributed by atoms with van der Waals surface area (Å²) in [6, 6.07) is 16.1. The van der Waals surface area contributed by atoms with Crippen molar-refractivity contribution in [2.45, 2.75) is 13.5 Å². The number of carbonyl (C=O) groups excluding carboxylic acids is 1. The van der Waals surface area contributed by atoms with Crippen molar-refractivity contribution in [3.05, 3.63) is 76.1 Å². The highest BCUT2D eigenvalue weighted by Gasteiger charge is 2.17. The fourth-order valence-electron chi connectivity index (χ4n) is 2.71. The average molecular weight is 337 g/mol. The molecule has 3 rings (SSSR count). The molecule has 25 heavy (non-hydrogen) atoms. The lowest BCUT2D eigenvalue weighted by atomic mass is 10.1. The summed E-state index contributed by atoms with van der Waals surface area (Å²) in [4.78, 5) is 26.3. The number of nitrogens with zero attached hydrogens (tertiary/aromatic N) is 1. The largest absolute Gasteiger partial charge is 0.494 e. The Balaban J connectivity index is 1.96. The Bertz CT molecular complexity index is 947. The van der Waals surface area contributed by atoms with Crippen LogP contribution in [0.5, 0.6) is 5.75 Å². The summed E-state index contributed by atoms with van der Waals surface area (Å²) < 4.78 is 10.7. The van der Waals surface area contributed by atoms with Crippen molar-refractivity contribution in [1.29, 1.82) is 0 Å². The molecule has 5 heteroatoms. The molecule has 128 valence electrons. The zero-order valence-electron chi connectivity index (χ0n) is 14.2. The first-order valence-electron chi connectivity index (χ1n) is 8.08. The van der Waals surface area contributed by atoms with Crippen LogP contribution in [-0.4, -0.2) is 24.5 Å². The van der Waals surface area contributed by atoms with E-state index in [0.29, 0.717) is 35.4 Å². The molecule has 0 atom stereocenters. The van der Waals surface area contributed by atoms with E-state index in [1.165, 1.54) is 6.07 Å². The second-order valence-electron chi connectivity index (χ2n) is 5.72. The monoisotopic (exact) mass is 337 g/mol. The second-order valence-corrected chi connectivity index (χ2v) is 5.72. The van der Waals surface area contributed by atoms with E-state index in [-0.39, 0.29) is 5.91 Å². The summed E-state index contributed by atoms with van der Waals surface area (Å²) in [6.45, 7) is 2.84. The summed E-state index contributed by atoms with van der Waals surface area (Å²) >= 11 is 0. The number of carbonyl (C=O) groups is 1. The van der Waals surface area contributed by atoms with E-state index >= 15 is 0 Å². The molecule has 0 aliphatic carbocycles. The zero-order chi connectivity index (χ0) is 17.8. The Kier molecular flexibility index (Phi) is 4.84. The lowest BCUT2D eigenvalue weighted by Gasteiger charge is -2.18. The fraction of sp³-hybridized carbons (Fsp3) is 0.200. The Hall–Kier alpha value is -3.08. The molecular formula is C20H19NO4. The van der Waals surface area contributed by atoms with E-state index in [9.17, 15) is 9.59 Å². The van der Waals surface area contributed by atoms with Crippen molar-refractivity contribution in [2.75, 3.05) is 13.7 Å². The molecule has 1 aromatic heterocycles. The van der Waals surface area contributed by atoms with Gasteiger partial charge in [-0.3, -0.25) is 4.79 Å². The lowest BCUT2D eigenvalue weighted by Crippen LogP contribution is -2.27. The normalized spacial score (nSPS) is 10.6. The summed E-state index contributed by atoms with van der Waals surface area (Å²) in [6.07, 6.45) is 0. The van der Waals surface area contributed by atoms with E-state index in [1.807, 2.05) is 37.3 Å². The van der Waals surface area contributed by atoms with Crippen molar-refractivity contribution in [3.8, 4) is 5.75 Å². The molecule has 0 unspecified atom stereocenters. The van der Waals surface area contributed by atoms with Gasteiger partial charge in [0.15, 0.2) is 0 Å². The smallest absolute Gasteiger partial charge is 0.337 e. The van der Waals surface area contributed by atoms with Crippen molar-refractivity contribution in [2.24, 2.45) is 0 Å². The molecule has 3 aromatic rings. The van der Waals surface area contributed by atoms with Crippen LogP contribution in [0, 0.1) is 0 Å². The van der Waals surface area contributed by atoms with Gasteiger partial charge in [-0.25, -0.2) is 4.79 Å². The number of amides is 1. The third kappa shape index (κ3) is 3.71. The fourth-order valence-corrected chi connectivity index (χ4v) is 2.71. The van der Waals surface area contributed by atoms with Crippen LogP contribution in [0.1, 0.15) is 22.8 Å². The van der Waals surface area contributed by atoms with Gasteiger partial charge in [0.1, 0.15) is 11.3 Å². The number of hydrogen-bond acceptors (Lipinski definition) is 4. The van der Waals surface area contributed by atoms with Crippen molar-refractivity contribution in [1.82, 2.24) is 4.90 Å². The number of benzene rings is 2. The predicted octanol–water partition coefficient (Wildman–Crippen LogP) is 3.46. The number of ether oxygens (including phenoxy) is 1. The first kappa shape index (κ1) is 16.8. The molecular weight excluding hydrogens is 318 g/mol. The molecule has 0 fully saturated rings. The Morgan fingerprint density at radius 1 is 1.12 bits per heavy atom. The van der Waals surface area contributed by atoms with Gasteiger partial charge in [0.25, 0.3) is 5.91 Å². The van der Waals surface area contributed by atoms with Gasteiger partial charge in [0, 0.05) is 31.1 Å². The third-order valence-corrected chi connectivity index (χ3v) is 3.87. The maximum absolute atomic E-state index is 12.8. The van der Waals surface area contributed by atoms with Crippen LogP contribution in [0.4, 0.5) is 0 Å². The molecule has 5 nitrogen and oxygen atoms in total. The summed E-state index contributed by atoms with van der Waals surface area (Å²) in [7, 11) is 1.71. The molecule has 0 aliphatic rings. The summed E-state index contributed by atoms with van der Waals surface area (Å²) in [5.41, 5.74) is 1.13. The minimum Gasteiger partial charge on any atom is -0.494 e. The highest BCUT2D eigenvalue weighted by atomic mass is 16.5. The maximum Gasteiger partial charge on any atom is 0.337 e. The SMILES string of the molecule is CCOc1ccc2c(C(=O)N(C)Cc3ccccc3)cc(=O)oc2c1. The first-order valence-corrected chi connectivity index (χ1v) is 8.08. The molecule has 2 aromatic carbocycles. The van der Waals surface area contributed by atoms with Gasteiger partial charge in [-0.05, 0) is 24.6 Å². The first-order chi connectivity index (χ1) is 12.1. The second kappa shape index (κ2) is 7.21. The number of hydrogen-bond donors (Lipinski definition) is 0. The van der Waals surface area contributed by atoms with Crippen molar-refractivity contribution >= 4 is 16.9 Å². The molecule has 0 N–H and O–H groups in total. The summed E-state index contributed by atoms with van der Waals surface area (Å²) in [5.74, 6) is 0.367. The zero-order valence-corrected chi connectivity index (χ0v) is 14.2. The number of fused-ring (bicyclic) bond motifs is 1. The van der Waals surface area contributed by atoms with Gasteiger partial charge in [-0.1, -0.05) is 30.3 Å². The highest BCUT2D eigenvalue weighted by Crippen LogP contribution is 2.24. The van der Waals surface area contributed by atoms with Gasteiger partial charge >= 0.3 is 5.63 Å². The minimum atomic E-state index is -0.558. The van der Waals surface area contributed by atoms with Crippen molar-refractivity contribution < 1.29 is 13.9 Å². The van der Waals surface area contributed by atoms with Crippen LogP contribution >= 0.6 is 0 Å². The molecule has 1 amide bonds. The van der Waals surface area contributed by atoms with Crippen LogP contribution in [0.25, 0.3) is 11.0 Å². The van der Waals surface area contributed by atoms with Gasteiger partial charge < -0.3 is 14.1 Å². The molecule has 0 radical (unpaired) electrons. The highest BCUT2D eigenvalue weighted by molar-refractivity contribution is 6.05. The predicted molar refractivity (Wildman–Crippen MR) is 95.9 cm³/mol. The molecule has 0 aliphatic heterocycles. The van der Waals surface area contributed by atoms with Crippen LogP contribution < -0.4 is 10.4 Å². The van der Waals surface area contributed by atoms with Crippen LogP contribution in [0.3, 0.4) is 0 Å². The Morgan fingerprint density at radius 3 is 2.60 bits per heavy atom. The van der Waals surface area contributed by atoms with Crippen LogP contribution in [0.2, 0.25) is 0 Å². The maximum atomic E-state index is 12.8. The van der Waals surface area contributed by atoms with Crippen LogP contribution in [0.15, 0.2) is 63.8 Å². The van der Waals surface area contributed by atoms with Crippen LogP contribution in [-0.2, 0) is 6.54 Å². The van der Waals surface area contributed by atoms with Gasteiger partial charge in [-0.2, -0.15) is 0 Å². The summed E-state index contributed by atoms with van der Waals surface area (Å²) in [5, 5.41) is 0.591. The van der Waals surface area contributed by atoms with Gasteiger partial charge in [0.05, 0.1) is 12.2 Å². The van der Waals surface area contributed by atoms with E-state index in [4.69, 9.17) is 9.15 Å². The lowest BCUT2D eigenvalue weighted by molar-refractivity contribution is 0.0786. The standard InChI is InChI=1S/C20H19NO4/c1-3-24-15-9-10-16-17(12-19(22)25-18(16)11-15)20(23)21(2)13-14-7-5-4-6-8-14/h4-12H,3,13H2,1-2H3. The van der Waals surface area contributed by atoms with E-state index in [0.717, 1.165) is 5.56 Å². The average Bonchev–Trinajstić information content (AvgIpc) is 2.61. The molecule has 0 bridgehead atoms. The topological polar surface area (TPSA) is 59.8 Å². The molecule has 1 heterocycles. The molecule has 0 spiro atoms. The Morgan fingerprint density at radius 2 is 1.88 bits per heavy atom. The van der Waals surface area contributed by atoms with Gasteiger partial charge in [0.2, 0.25) is 0 Å². The quantitative estimate of drug-likeness (QED) is 0.669. The van der Waals surface area contributed by atoms with E-state index in [2.05, 4.69) is 0 Å². The van der Waals surface area contributed by atoms with Crippen molar-refractivity contribution in [3.63, 3.8) is 0 Å². The third-order valence-electron chi connectivity index (χ3n) is 3.87. The molecule has 0 saturated carbocycles. The van der Waals surface area contributed by atoms with Gasteiger partial charge in [-0.15, -0.1) is 0 Å². The Labute approximate surface area is 145 Å².